The van der Waals surface area contributed by atoms with Crippen molar-refractivity contribution in [3.63, 3.8) is 0 Å². The van der Waals surface area contributed by atoms with Gasteiger partial charge in [0.25, 0.3) is 5.79 Å². The Labute approximate surface area is 202 Å². The van der Waals surface area contributed by atoms with Gasteiger partial charge in [0.1, 0.15) is 11.9 Å². The number of aliphatic carboxylic acids is 1. The lowest BCUT2D eigenvalue weighted by molar-refractivity contribution is -0.246. The molecule has 0 amide bonds. The molecule has 2 aromatic carbocycles. The molecule has 1 unspecified atom stereocenters. The third kappa shape index (κ3) is 5.86. The average Bonchev–Trinajstić information content (AvgIpc) is 2.85. The summed E-state index contributed by atoms with van der Waals surface area (Å²) in [5, 5.41) is 21.3. The number of hydrogen-bond donors (Lipinski definition) is 2. The summed E-state index contributed by atoms with van der Waals surface area (Å²) in [6.45, 7) is 5.57. The van der Waals surface area contributed by atoms with Crippen molar-refractivity contribution in [3.05, 3.63) is 63.6 Å². The molecule has 0 aromatic heterocycles. The lowest BCUT2D eigenvalue weighted by Gasteiger charge is -2.37. The van der Waals surface area contributed by atoms with Gasteiger partial charge >= 0.3 is 5.97 Å². The van der Waals surface area contributed by atoms with Gasteiger partial charge in [0, 0.05) is 33.4 Å². The van der Waals surface area contributed by atoms with E-state index in [4.69, 9.17) is 32.7 Å². The molecule has 9 heteroatoms. The highest BCUT2D eigenvalue weighted by atomic mass is 35.5. The molecule has 3 atom stereocenters. The number of carbonyl (C=O) groups is 2. The van der Waals surface area contributed by atoms with Gasteiger partial charge < -0.3 is 24.6 Å². The number of Topliss-reactive ketones (excluding diaryl/α,β-unsaturated/α-hetero) is 1. The highest BCUT2D eigenvalue weighted by Gasteiger charge is 2.44. The normalized spacial score (nSPS) is 20.2. The summed E-state index contributed by atoms with van der Waals surface area (Å²) < 4.78 is 11.9. The minimum absolute atomic E-state index is 0.0948. The molecule has 0 aliphatic carbocycles. The molecule has 0 bridgehead atoms. The summed E-state index contributed by atoms with van der Waals surface area (Å²) in [7, 11) is 0. The SMILES string of the molecule is CC(=O)C[C@@](O)(OC1CO[C@@H](c2ccccc2Cl)c2cc(Cl)ccc2N1CC(C)C)C(=O)O. The minimum Gasteiger partial charge on any atom is -0.477 e. The molecule has 2 N–H and O–H groups in total. The molecular weight excluding hydrogens is 469 g/mol. The van der Waals surface area contributed by atoms with Gasteiger partial charge in [0.05, 0.1) is 13.0 Å². The molecule has 7 nitrogen and oxygen atoms in total. The van der Waals surface area contributed by atoms with Crippen LogP contribution in [0.15, 0.2) is 42.5 Å². The number of halogens is 2. The van der Waals surface area contributed by atoms with E-state index in [-0.39, 0.29) is 12.5 Å². The molecule has 1 heterocycles. The number of nitrogens with zero attached hydrogens (tertiary/aromatic N) is 1. The Morgan fingerprint density at radius 2 is 1.91 bits per heavy atom. The zero-order valence-corrected chi connectivity index (χ0v) is 20.1. The van der Waals surface area contributed by atoms with Crippen molar-refractivity contribution in [2.24, 2.45) is 5.92 Å². The number of ketones is 1. The maximum absolute atomic E-state index is 11.8. The fourth-order valence-corrected chi connectivity index (χ4v) is 4.31. The number of benzene rings is 2. The second-order valence-corrected chi connectivity index (χ2v) is 9.37. The van der Waals surface area contributed by atoms with Gasteiger partial charge in [-0.3, -0.25) is 4.79 Å². The molecular formula is C24H27Cl2NO6. The van der Waals surface area contributed by atoms with E-state index in [0.29, 0.717) is 27.8 Å². The Kier molecular flexibility index (Phi) is 8.03. The number of carbonyl (C=O) groups excluding carboxylic acids is 1. The van der Waals surface area contributed by atoms with Crippen LogP contribution in [0.4, 0.5) is 5.69 Å². The Morgan fingerprint density at radius 3 is 2.52 bits per heavy atom. The van der Waals surface area contributed by atoms with Gasteiger partial charge in [-0.25, -0.2) is 4.79 Å². The Balaban J connectivity index is 2.12. The maximum atomic E-state index is 11.8. The zero-order chi connectivity index (χ0) is 24.3. The van der Waals surface area contributed by atoms with E-state index in [0.717, 1.165) is 5.56 Å². The average molecular weight is 496 g/mol. The van der Waals surface area contributed by atoms with Crippen molar-refractivity contribution in [1.29, 1.82) is 0 Å². The first-order valence-electron chi connectivity index (χ1n) is 10.6. The summed E-state index contributed by atoms with van der Waals surface area (Å²) >= 11 is 12.8. The summed E-state index contributed by atoms with van der Waals surface area (Å²) in [6, 6.07) is 12.6. The van der Waals surface area contributed by atoms with E-state index in [1.165, 1.54) is 6.92 Å². The molecule has 0 saturated heterocycles. The highest BCUT2D eigenvalue weighted by Crippen LogP contribution is 2.42. The lowest BCUT2D eigenvalue weighted by Crippen LogP contribution is -2.52. The van der Waals surface area contributed by atoms with Gasteiger partial charge in [0.15, 0.2) is 6.23 Å². The van der Waals surface area contributed by atoms with Crippen molar-refractivity contribution in [2.75, 3.05) is 18.1 Å². The molecule has 3 rings (SSSR count). The van der Waals surface area contributed by atoms with E-state index < -0.39 is 36.3 Å². The predicted octanol–water partition coefficient (Wildman–Crippen LogP) is 4.67. The van der Waals surface area contributed by atoms with Crippen LogP contribution in [-0.2, 0) is 19.1 Å². The van der Waals surface area contributed by atoms with Crippen molar-refractivity contribution in [3.8, 4) is 0 Å². The number of ether oxygens (including phenoxy) is 2. The standard InChI is InChI=1S/C24H27Cl2NO6/c1-14(2)12-27-20-9-8-16(25)10-18(20)22(17-6-4-5-7-19(17)26)32-13-21(27)33-24(31,23(29)30)11-15(3)28/h4-10,14,21-22,31H,11-13H2,1-3H3,(H,29,30)/t21?,22-,24+/m0/s1. The third-order valence-electron chi connectivity index (χ3n) is 5.24. The van der Waals surface area contributed by atoms with Crippen LogP contribution in [0.5, 0.6) is 0 Å². The Bertz CT molecular complexity index is 1030. The summed E-state index contributed by atoms with van der Waals surface area (Å²) in [5.74, 6) is -4.72. The highest BCUT2D eigenvalue weighted by molar-refractivity contribution is 6.31. The molecule has 0 spiro atoms. The van der Waals surface area contributed by atoms with Crippen LogP contribution in [0, 0.1) is 5.92 Å². The van der Waals surface area contributed by atoms with Crippen molar-refractivity contribution >= 4 is 40.6 Å². The Morgan fingerprint density at radius 1 is 1.21 bits per heavy atom. The molecule has 1 aliphatic heterocycles. The first-order chi connectivity index (χ1) is 15.5. The molecule has 178 valence electrons. The maximum Gasteiger partial charge on any atom is 0.364 e. The van der Waals surface area contributed by atoms with E-state index >= 15 is 0 Å². The van der Waals surface area contributed by atoms with E-state index in [1.807, 2.05) is 36.9 Å². The van der Waals surface area contributed by atoms with E-state index in [1.54, 1.807) is 24.3 Å². The monoisotopic (exact) mass is 495 g/mol. The molecule has 0 saturated carbocycles. The van der Waals surface area contributed by atoms with Crippen LogP contribution in [0.3, 0.4) is 0 Å². The van der Waals surface area contributed by atoms with Gasteiger partial charge in [-0.15, -0.1) is 0 Å². The fourth-order valence-electron chi connectivity index (χ4n) is 3.89. The molecule has 0 radical (unpaired) electrons. The van der Waals surface area contributed by atoms with E-state index in [9.17, 15) is 19.8 Å². The largest absolute Gasteiger partial charge is 0.477 e. The van der Waals surface area contributed by atoms with Crippen LogP contribution in [-0.4, -0.2) is 47.1 Å². The second kappa shape index (κ2) is 10.4. The topological polar surface area (TPSA) is 96.3 Å². The van der Waals surface area contributed by atoms with Gasteiger partial charge in [0.2, 0.25) is 0 Å². The Hall–Kier alpha value is -2.16. The number of carboxylic acid groups (broad SMARTS) is 1. The summed E-state index contributed by atoms with van der Waals surface area (Å²) in [4.78, 5) is 25.3. The van der Waals surface area contributed by atoms with Crippen LogP contribution in [0.25, 0.3) is 0 Å². The molecule has 33 heavy (non-hydrogen) atoms. The summed E-state index contributed by atoms with van der Waals surface area (Å²) in [6.07, 6.45) is -2.31. The lowest BCUT2D eigenvalue weighted by atomic mass is 9.99. The number of fused-ring (bicyclic) bond motifs is 1. The van der Waals surface area contributed by atoms with Crippen molar-refractivity contribution < 1.29 is 29.3 Å². The summed E-state index contributed by atoms with van der Waals surface area (Å²) in [5.41, 5.74) is 2.15. The number of anilines is 1. The number of carboxylic acids is 1. The zero-order valence-electron chi connectivity index (χ0n) is 18.6. The number of hydrogen-bond acceptors (Lipinski definition) is 6. The van der Waals surface area contributed by atoms with Crippen LogP contribution in [0.1, 0.15) is 44.4 Å². The molecule has 1 aliphatic rings. The van der Waals surface area contributed by atoms with E-state index in [2.05, 4.69) is 0 Å². The third-order valence-corrected chi connectivity index (χ3v) is 5.82. The minimum atomic E-state index is -2.70. The first kappa shape index (κ1) is 25.5. The molecule has 2 aromatic rings. The second-order valence-electron chi connectivity index (χ2n) is 8.53. The number of rotatable bonds is 8. The smallest absolute Gasteiger partial charge is 0.364 e. The fraction of sp³-hybridized carbons (Fsp3) is 0.417. The quantitative estimate of drug-likeness (QED) is 0.513. The predicted molar refractivity (Wildman–Crippen MR) is 126 cm³/mol. The van der Waals surface area contributed by atoms with Gasteiger partial charge in [-0.05, 0) is 37.1 Å². The first-order valence-corrected chi connectivity index (χ1v) is 11.3. The van der Waals surface area contributed by atoms with Gasteiger partial charge in [-0.2, -0.15) is 0 Å². The van der Waals surface area contributed by atoms with Crippen LogP contribution in [0.2, 0.25) is 10.0 Å². The number of aliphatic hydroxyl groups is 1. The van der Waals surface area contributed by atoms with Crippen molar-refractivity contribution in [1.82, 2.24) is 0 Å². The molecule has 0 fully saturated rings. The van der Waals surface area contributed by atoms with Crippen LogP contribution < -0.4 is 4.90 Å². The van der Waals surface area contributed by atoms with Crippen molar-refractivity contribution in [2.45, 2.75) is 45.3 Å². The van der Waals surface area contributed by atoms with Gasteiger partial charge in [-0.1, -0.05) is 55.2 Å². The van der Waals surface area contributed by atoms with Crippen LogP contribution >= 0.6 is 23.2 Å².